The third-order valence-corrected chi connectivity index (χ3v) is 2.43. The molecule has 2 aromatic rings. The predicted molar refractivity (Wildman–Crippen MR) is 68.3 cm³/mol. The molecule has 6 nitrogen and oxygen atoms in total. The second-order valence-electron chi connectivity index (χ2n) is 3.65. The van der Waals surface area contributed by atoms with Crippen LogP contribution in [0.4, 0.5) is 5.82 Å². The number of aromatic nitrogens is 2. The Kier molecular flexibility index (Phi) is 3.59. The Bertz CT molecular complexity index is 533. The summed E-state index contributed by atoms with van der Waals surface area (Å²) in [5, 5.41) is 9.40. The van der Waals surface area contributed by atoms with Crippen molar-refractivity contribution in [3.8, 4) is 17.0 Å². The van der Waals surface area contributed by atoms with Gasteiger partial charge < -0.3 is 15.8 Å². The number of nitrogens with zero attached hydrogens (tertiary/aromatic N) is 1. The second kappa shape index (κ2) is 5.33. The average molecular weight is 246 g/mol. The van der Waals surface area contributed by atoms with Crippen LogP contribution in [-0.2, 0) is 4.79 Å². The molecule has 18 heavy (non-hydrogen) atoms. The van der Waals surface area contributed by atoms with Crippen molar-refractivity contribution < 1.29 is 9.53 Å². The molecular weight excluding hydrogens is 232 g/mol. The fourth-order valence-corrected chi connectivity index (χ4v) is 1.50. The summed E-state index contributed by atoms with van der Waals surface area (Å²) in [7, 11) is 1.62. The third-order valence-electron chi connectivity index (χ3n) is 2.43. The van der Waals surface area contributed by atoms with Gasteiger partial charge in [0, 0.05) is 6.07 Å². The Morgan fingerprint density at radius 2 is 2.17 bits per heavy atom. The number of carbonyl (C=O) groups is 1. The fourth-order valence-electron chi connectivity index (χ4n) is 1.50. The summed E-state index contributed by atoms with van der Waals surface area (Å²) >= 11 is 0. The molecule has 2 rings (SSSR count). The molecule has 0 atom stereocenters. The highest BCUT2D eigenvalue weighted by Gasteiger charge is 2.06. The van der Waals surface area contributed by atoms with Gasteiger partial charge in [0.1, 0.15) is 5.75 Å². The lowest BCUT2D eigenvalue weighted by molar-refractivity contribution is -0.114. The summed E-state index contributed by atoms with van der Waals surface area (Å²) in [5.41, 5.74) is 6.97. The molecule has 1 aromatic heterocycles. The van der Waals surface area contributed by atoms with E-state index < -0.39 is 0 Å². The van der Waals surface area contributed by atoms with Gasteiger partial charge in [0.25, 0.3) is 0 Å². The van der Waals surface area contributed by atoms with Gasteiger partial charge in [0.2, 0.25) is 5.91 Å². The highest BCUT2D eigenvalue weighted by molar-refractivity contribution is 5.91. The Labute approximate surface area is 104 Å². The molecule has 0 saturated carbocycles. The summed E-state index contributed by atoms with van der Waals surface area (Å²) in [6, 6.07) is 9.26. The van der Waals surface area contributed by atoms with Crippen LogP contribution < -0.4 is 15.8 Å². The molecule has 0 aliphatic carbocycles. The fraction of sp³-hybridized carbons (Fsp3) is 0.167. The molecule has 1 aromatic carbocycles. The third kappa shape index (κ3) is 2.67. The number of hydrogen-bond donors (Lipinski definition) is 3. The number of nitrogens with two attached hydrogens (primary N) is 1. The first-order valence-corrected chi connectivity index (χ1v) is 5.42. The normalized spacial score (nSPS) is 10.1. The van der Waals surface area contributed by atoms with Gasteiger partial charge in [0.15, 0.2) is 5.82 Å². The number of hydrogen-bond acceptors (Lipinski definition) is 4. The number of aromatic amines is 1. The Morgan fingerprint density at radius 1 is 1.44 bits per heavy atom. The SMILES string of the molecule is COc1ccc(-c2cc(NC(=O)CN)n[nH]2)cc1. The van der Waals surface area contributed by atoms with Crippen molar-refractivity contribution in [2.45, 2.75) is 0 Å². The van der Waals surface area contributed by atoms with Gasteiger partial charge in [-0.15, -0.1) is 0 Å². The maximum Gasteiger partial charge on any atom is 0.239 e. The average Bonchev–Trinajstić information content (AvgIpc) is 2.87. The van der Waals surface area contributed by atoms with Gasteiger partial charge in [0.05, 0.1) is 19.3 Å². The summed E-state index contributed by atoms with van der Waals surface area (Å²) in [4.78, 5) is 11.1. The monoisotopic (exact) mass is 246 g/mol. The Balaban J connectivity index is 2.15. The van der Waals surface area contributed by atoms with Crippen LogP contribution in [0.15, 0.2) is 30.3 Å². The highest BCUT2D eigenvalue weighted by Crippen LogP contribution is 2.22. The Hall–Kier alpha value is -2.34. The van der Waals surface area contributed by atoms with E-state index in [2.05, 4.69) is 15.5 Å². The summed E-state index contributed by atoms with van der Waals surface area (Å²) < 4.78 is 5.08. The predicted octanol–water partition coefficient (Wildman–Crippen LogP) is 0.982. The molecule has 0 aliphatic heterocycles. The Morgan fingerprint density at radius 3 is 2.78 bits per heavy atom. The molecule has 1 heterocycles. The number of amides is 1. The summed E-state index contributed by atoms with van der Waals surface area (Å²) in [6.45, 7) is -0.0648. The molecule has 0 bridgehead atoms. The van der Waals surface area contributed by atoms with Gasteiger partial charge in [-0.3, -0.25) is 9.89 Å². The van der Waals surface area contributed by atoms with Crippen molar-refractivity contribution in [1.29, 1.82) is 0 Å². The maximum absolute atomic E-state index is 11.1. The van der Waals surface area contributed by atoms with Crippen molar-refractivity contribution in [3.63, 3.8) is 0 Å². The lowest BCUT2D eigenvalue weighted by Gasteiger charge is -2.00. The maximum atomic E-state index is 11.1. The zero-order chi connectivity index (χ0) is 13.0. The largest absolute Gasteiger partial charge is 0.497 e. The number of nitrogens with one attached hydrogen (secondary N) is 2. The number of carbonyl (C=O) groups excluding carboxylic acids is 1. The summed E-state index contributed by atoms with van der Waals surface area (Å²) in [6.07, 6.45) is 0. The molecule has 4 N–H and O–H groups in total. The molecule has 0 fully saturated rings. The van der Waals surface area contributed by atoms with Gasteiger partial charge in [-0.05, 0) is 29.8 Å². The van der Waals surface area contributed by atoms with E-state index in [0.717, 1.165) is 17.0 Å². The van der Waals surface area contributed by atoms with E-state index in [0.29, 0.717) is 5.82 Å². The first-order chi connectivity index (χ1) is 8.72. The molecule has 0 saturated heterocycles. The van der Waals surface area contributed by atoms with Crippen molar-refractivity contribution in [3.05, 3.63) is 30.3 Å². The topological polar surface area (TPSA) is 93.0 Å². The smallest absolute Gasteiger partial charge is 0.239 e. The van der Waals surface area contributed by atoms with Crippen LogP contribution in [-0.4, -0.2) is 29.8 Å². The number of ether oxygens (including phenoxy) is 1. The lowest BCUT2D eigenvalue weighted by atomic mass is 10.1. The molecular formula is C12H14N4O2. The zero-order valence-electron chi connectivity index (χ0n) is 9.93. The van der Waals surface area contributed by atoms with Gasteiger partial charge >= 0.3 is 0 Å². The quantitative estimate of drug-likeness (QED) is 0.749. The molecule has 0 aliphatic rings. The van der Waals surface area contributed by atoms with Gasteiger partial charge in [-0.2, -0.15) is 5.10 Å². The van der Waals surface area contributed by atoms with Crippen molar-refractivity contribution >= 4 is 11.7 Å². The van der Waals surface area contributed by atoms with E-state index in [9.17, 15) is 4.79 Å². The molecule has 6 heteroatoms. The molecule has 0 radical (unpaired) electrons. The van der Waals surface area contributed by atoms with Crippen molar-refractivity contribution in [1.82, 2.24) is 10.2 Å². The van der Waals surface area contributed by atoms with E-state index in [-0.39, 0.29) is 12.5 Å². The van der Waals surface area contributed by atoms with Gasteiger partial charge in [-0.25, -0.2) is 0 Å². The lowest BCUT2D eigenvalue weighted by Crippen LogP contribution is -2.21. The number of H-pyrrole nitrogens is 1. The molecule has 1 amide bonds. The van der Waals surface area contributed by atoms with Crippen LogP contribution in [0.1, 0.15) is 0 Å². The van der Waals surface area contributed by atoms with Crippen LogP contribution in [0.5, 0.6) is 5.75 Å². The highest BCUT2D eigenvalue weighted by atomic mass is 16.5. The van der Waals surface area contributed by atoms with E-state index in [1.54, 1.807) is 13.2 Å². The van der Waals surface area contributed by atoms with E-state index >= 15 is 0 Å². The number of rotatable bonds is 4. The van der Waals surface area contributed by atoms with E-state index in [1.807, 2.05) is 24.3 Å². The minimum Gasteiger partial charge on any atom is -0.497 e. The van der Waals surface area contributed by atoms with Crippen LogP contribution in [0.3, 0.4) is 0 Å². The van der Waals surface area contributed by atoms with Crippen LogP contribution in [0.2, 0.25) is 0 Å². The first-order valence-electron chi connectivity index (χ1n) is 5.42. The van der Waals surface area contributed by atoms with Crippen molar-refractivity contribution in [2.24, 2.45) is 5.73 Å². The van der Waals surface area contributed by atoms with E-state index in [1.165, 1.54) is 0 Å². The zero-order valence-corrected chi connectivity index (χ0v) is 9.93. The van der Waals surface area contributed by atoms with Crippen LogP contribution >= 0.6 is 0 Å². The molecule has 94 valence electrons. The first kappa shape index (κ1) is 12.1. The second-order valence-corrected chi connectivity index (χ2v) is 3.65. The molecule has 0 unspecified atom stereocenters. The minimum absolute atomic E-state index is 0.0648. The summed E-state index contributed by atoms with van der Waals surface area (Å²) in [5.74, 6) is 0.967. The van der Waals surface area contributed by atoms with Crippen LogP contribution in [0.25, 0.3) is 11.3 Å². The van der Waals surface area contributed by atoms with E-state index in [4.69, 9.17) is 10.5 Å². The standard InChI is InChI=1S/C12H14N4O2/c1-18-9-4-2-8(3-5-9)10-6-11(16-15-10)14-12(17)7-13/h2-6H,7,13H2,1H3,(H2,14,15,16,17). The molecule has 0 spiro atoms. The number of anilines is 1. The van der Waals surface area contributed by atoms with Crippen LogP contribution in [0, 0.1) is 0 Å². The number of methoxy groups -OCH3 is 1. The van der Waals surface area contributed by atoms with Crippen molar-refractivity contribution in [2.75, 3.05) is 19.0 Å². The van der Waals surface area contributed by atoms with Gasteiger partial charge in [-0.1, -0.05) is 0 Å². The minimum atomic E-state index is -0.275. The number of benzene rings is 1.